The number of nitrogens with zero attached hydrogens (tertiary/aromatic N) is 1. The van der Waals surface area contributed by atoms with Crippen molar-refractivity contribution in [1.29, 1.82) is 0 Å². The highest BCUT2D eigenvalue weighted by molar-refractivity contribution is 5.90. The van der Waals surface area contributed by atoms with Gasteiger partial charge in [0.2, 0.25) is 5.91 Å². The Morgan fingerprint density at radius 2 is 2.11 bits per heavy atom. The summed E-state index contributed by atoms with van der Waals surface area (Å²) in [5, 5.41) is 7.38. The highest BCUT2D eigenvalue weighted by Gasteiger charge is 2.22. The van der Waals surface area contributed by atoms with Crippen LogP contribution in [-0.4, -0.2) is 23.5 Å². The van der Waals surface area contributed by atoms with Crippen molar-refractivity contribution < 1.29 is 4.79 Å². The molecule has 0 radical (unpaired) electrons. The number of para-hydroxylation sites is 1. The summed E-state index contributed by atoms with van der Waals surface area (Å²) in [5.74, 6) is 0.128. The van der Waals surface area contributed by atoms with Crippen LogP contribution in [0.1, 0.15) is 19.3 Å². The topological polar surface area (TPSA) is 54.0 Å². The zero-order chi connectivity index (χ0) is 13.1. The van der Waals surface area contributed by atoms with Crippen LogP contribution in [0.15, 0.2) is 36.5 Å². The number of fused-ring (bicyclic) bond motifs is 1. The molecule has 1 aliphatic carbocycles. The lowest BCUT2D eigenvalue weighted by atomic mass is 10.2. The predicted molar refractivity (Wildman–Crippen MR) is 76.0 cm³/mol. The number of carbonyl (C=O) groups is 1. The quantitative estimate of drug-likeness (QED) is 0.862. The molecule has 0 bridgehead atoms. The second-order valence-corrected chi connectivity index (χ2v) is 4.90. The zero-order valence-corrected chi connectivity index (χ0v) is 10.7. The SMILES string of the molecule is O=C(CCNc1cccc2cccnc12)NC1CC1. The predicted octanol–water partition coefficient (Wildman–Crippen LogP) is 2.32. The summed E-state index contributed by atoms with van der Waals surface area (Å²) in [5.41, 5.74) is 1.94. The first kappa shape index (κ1) is 12.0. The molecule has 0 spiro atoms. The van der Waals surface area contributed by atoms with E-state index in [9.17, 15) is 4.79 Å². The summed E-state index contributed by atoms with van der Waals surface area (Å²) in [6, 6.07) is 10.4. The van der Waals surface area contributed by atoms with E-state index < -0.39 is 0 Å². The molecule has 4 nitrogen and oxygen atoms in total. The standard InChI is InChI=1S/C15H17N3O/c19-14(18-12-6-7-12)8-10-16-13-5-1-3-11-4-2-9-17-15(11)13/h1-5,9,12,16H,6-8,10H2,(H,18,19). The molecule has 2 aromatic rings. The van der Waals surface area contributed by atoms with Crippen LogP contribution in [0, 0.1) is 0 Å². The molecule has 1 saturated carbocycles. The van der Waals surface area contributed by atoms with E-state index >= 15 is 0 Å². The lowest BCUT2D eigenvalue weighted by Gasteiger charge is -2.09. The van der Waals surface area contributed by atoms with Crippen LogP contribution in [0.2, 0.25) is 0 Å². The third-order valence-electron chi connectivity index (χ3n) is 3.24. The summed E-state index contributed by atoms with van der Waals surface area (Å²) in [6.45, 7) is 0.633. The van der Waals surface area contributed by atoms with Crippen LogP contribution in [0.3, 0.4) is 0 Å². The maximum absolute atomic E-state index is 11.6. The van der Waals surface area contributed by atoms with Gasteiger partial charge in [-0.25, -0.2) is 0 Å². The number of amides is 1. The van der Waals surface area contributed by atoms with Gasteiger partial charge in [0.05, 0.1) is 11.2 Å². The Bertz CT molecular complexity index is 587. The van der Waals surface area contributed by atoms with Crippen LogP contribution < -0.4 is 10.6 Å². The normalized spacial score (nSPS) is 14.3. The Labute approximate surface area is 112 Å². The highest BCUT2D eigenvalue weighted by atomic mass is 16.1. The number of rotatable bonds is 5. The maximum Gasteiger partial charge on any atom is 0.221 e. The van der Waals surface area contributed by atoms with Crippen molar-refractivity contribution >= 4 is 22.5 Å². The van der Waals surface area contributed by atoms with Crippen molar-refractivity contribution in [3.05, 3.63) is 36.5 Å². The first-order chi connectivity index (χ1) is 9.33. The molecule has 1 heterocycles. The third kappa shape index (κ3) is 3.02. The molecule has 1 fully saturated rings. The average molecular weight is 255 g/mol. The summed E-state index contributed by atoms with van der Waals surface area (Å²) in [4.78, 5) is 16.0. The van der Waals surface area contributed by atoms with Gasteiger partial charge in [0.15, 0.2) is 0 Å². The molecule has 19 heavy (non-hydrogen) atoms. The number of nitrogens with one attached hydrogen (secondary N) is 2. The molecule has 1 aliphatic rings. The fraction of sp³-hybridized carbons (Fsp3) is 0.333. The maximum atomic E-state index is 11.6. The Balaban J connectivity index is 1.60. The molecule has 0 atom stereocenters. The Morgan fingerprint density at radius 1 is 1.26 bits per heavy atom. The van der Waals surface area contributed by atoms with Gasteiger partial charge in [0.1, 0.15) is 0 Å². The first-order valence-electron chi connectivity index (χ1n) is 6.70. The number of hydrogen-bond donors (Lipinski definition) is 2. The molecule has 1 aromatic heterocycles. The number of hydrogen-bond acceptors (Lipinski definition) is 3. The molecule has 0 saturated heterocycles. The minimum absolute atomic E-state index is 0.128. The van der Waals surface area contributed by atoms with Crippen molar-refractivity contribution in [3.63, 3.8) is 0 Å². The minimum Gasteiger partial charge on any atom is -0.383 e. The van der Waals surface area contributed by atoms with Gasteiger partial charge in [-0.05, 0) is 25.0 Å². The monoisotopic (exact) mass is 255 g/mol. The lowest BCUT2D eigenvalue weighted by Crippen LogP contribution is -2.27. The summed E-state index contributed by atoms with van der Waals surface area (Å²) >= 11 is 0. The molecule has 0 aliphatic heterocycles. The number of pyridine rings is 1. The van der Waals surface area contributed by atoms with E-state index in [4.69, 9.17) is 0 Å². The first-order valence-corrected chi connectivity index (χ1v) is 6.70. The van der Waals surface area contributed by atoms with Gasteiger partial charge < -0.3 is 10.6 Å². The van der Waals surface area contributed by atoms with Crippen molar-refractivity contribution in [3.8, 4) is 0 Å². The highest BCUT2D eigenvalue weighted by Crippen LogP contribution is 2.21. The van der Waals surface area contributed by atoms with Crippen LogP contribution in [0.4, 0.5) is 5.69 Å². The van der Waals surface area contributed by atoms with Crippen LogP contribution >= 0.6 is 0 Å². The van der Waals surface area contributed by atoms with Gasteiger partial charge in [-0.15, -0.1) is 0 Å². The van der Waals surface area contributed by atoms with E-state index in [0.29, 0.717) is 19.0 Å². The largest absolute Gasteiger partial charge is 0.383 e. The molecule has 4 heteroatoms. The van der Waals surface area contributed by atoms with E-state index in [2.05, 4.69) is 15.6 Å². The fourth-order valence-electron chi connectivity index (χ4n) is 2.09. The Hall–Kier alpha value is -2.10. The molecule has 98 valence electrons. The Morgan fingerprint density at radius 3 is 2.95 bits per heavy atom. The van der Waals surface area contributed by atoms with Crippen molar-refractivity contribution in [2.24, 2.45) is 0 Å². The van der Waals surface area contributed by atoms with Gasteiger partial charge >= 0.3 is 0 Å². The molecular weight excluding hydrogens is 238 g/mol. The second kappa shape index (κ2) is 5.26. The zero-order valence-electron chi connectivity index (χ0n) is 10.7. The third-order valence-corrected chi connectivity index (χ3v) is 3.24. The molecule has 2 N–H and O–H groups in total. The number of aromatic nitrogens is 1. The number of carbonyl (C=O) groups excluding carboxylic acids is 1. The Kier molecular flexibility index (Phi) is 3.31. The van der Waals surface area contributed by atoms with Gasteiger partial charge in [-0.1, -0.05) is 18.2 Å². The van der Waals surface area contributed by atoms with E-state index in [1.165, 1.54) is 0 Å². The second-order valence-electron chi connectivity index (χ2n) is 4.90. The van der Waals surface area contributed by atoms with Crippen molar-refractivity contribution in [2.75, 3.05) is 11.9 Å². The van der Waals surface area contributed by atoms with Crippen LogP contribution in [0.25, 0.3) is 10.9 Å². The summed E-state index contributed by atoms with van der Waals surface area (Å²) in [7, 11) is 0. The molecule has 1 aromatic carbocycles. The van der Waals surface area contributed by atoms with Crippen molar-refractivity contribution in [1.82, 2.24) is 10.3 Å². The lowest BCUT2D eigenvalue weighted by molar-refractivity contribution is -0.120. The number of anilines is 1. The van der Waals surface area contributed by atoms with E-state index in [1.54, 1.807) is 6.20 Å². The van der Waals surface area contributed by atoms with Gasteiger partial charge in [0.25, 0.3) is 0 Å². The van der Waals surface area contributed by atoms with Gasteiger partial charge in [0, 0.05) is 30.6 Å². The van der Waals surface area contributed by atoms with E-state index in [0.717, 1.165) is 29.4 Å². The van der Waals surface area contributed by atoms with Crippen LogP contribution in [0.5, 0.6) is 0 Å². The fourth-order valence-corrected chi connectivity index (χ4v) is 2.09. The summed E-state index contributed by atoms with van der Waals surface area (Å²) < 4.78 is 0. The molecule has 1 amide bonds. The van der Waals surface area contributed by atoms with Gasteiger partial charge in [-0.3, -0.25) is 9.78 Å². The molecular formula is C15H17N3O. The van der Waals surface area contributed by atoms with E-state index in [1.807, 2.05) is 30.3 Å². The van der Waals surface area contributed by atoms with E-state index in [-0.39, 0.29) is 5.91 Å². The molecule has 3 rings (SSSR count). The smallest absolute Gasteiger partial charge is 0.221 e. The molecule has 0 unspecified atom stereocenters. The minimum atomic E-state index is 0.128. The van der Waals surface area contributed by atoms with Crippen LogP contribution in [-0.2, 0) is 4.79 Å². The van der Waals surface area contributed by atoms with Gasteiger partial charge in [-0.2, -0.15) is 0 Å². The summed E-state index contributed by atoms with van der Waals surface area (Å²) in [6.07, 6.45) is 4.55. The van der Waals surface area contributed by atoms with Crippen molar-refractivity contribution in [2.45, 2.75) is 25.3 Å². The number of benzene rings is 1. The average Bonchev–Trinajstić information content (AvgIpc) is 3.23.